The Bertz CT molecular complexity index is 504. The van der Waals surface area contributed by atoms with E-state index in [2.05, 4.69) is 4.74 Å². The van der Waals surface area contributed by atoms with E-state index in [0.717, 1.165) is 0 Å². The topological polar surface area (TPSA) is 43.4 Å². The minimum absolute atomic E-state index is 0.0807. The number of hydrogen-bond donors (Lipinski definition) is 0. The van der Waals surface area contributed by atoms with Crippen molar-refractivity contribution in [2.75, 3.05) is 6.61 Å². The molecule has 0 aliphatic carbocycles. The van der Waals surface area contributed by atoms with Crippen LogP contribution in [0.3, 0.4) is 0 Å². The van der Waals surface area contributed by atoms with Gasteiger partial charge in [-0.15, -0.1) is 0 Å². The van der Waals surface area contributed by atoms with Crippen molar-refractivity contribution in [3.05, 3.63) is 33.3 Å². The summed E-state index contributed by atoms with van der Waals surface area (Å²) in [7, 11) is 0. The number of rotatable bonds is 4. The molecule has 3 nitrogen and oxygen atoms in total. The fourth-order valence-corrected chi connectivity index (χ4v) is 1.79. The summed E-state index contributed by atoms with van der Waals surface area (Å²) in [5.74, 6) is -3.99. The standard InChI is InChI=1S/C11H8Cl2F2O3/c1-2-18-8(17)4-7(16)9-6(14)3-5(12)11(15)10(9)13/h3H,2,4H2,1H3. The summed E-state index contributed by atoms with van der Waals surface area (Å²) in [4.78, 5) is 22.7. The number of esters is 1. The van der Waals surface area contributed by atoms with Gasteiger partial charge >= 0.3 is 5.97 Å². The second-order valence-electron chi connectivity index (χ2n) is 3.25. The average molecular weight is 297 g/mol. The van der Waals surface area contributed by atoms with E-state index < -0.39 is 45.4 Å². The highest BCUT2D eigenvalue weighted by Crippen LogP contribution is 2.29. The molecule has 0 radical (unpaired) electrons. The van der Waals surface area contributed by atoms with E-state index in [9.17, 15) is 18.4 Å². The number of Topliss-reactive ketones (excluding diaryl/α,β-unsaturated/α-hetero) is 1. The summed E-state index contributed by atoms with van der Waals surface area (Å²) < 4.78 is 31.3. The molecular formula is C11H8Cl2F2O3. The molecule has 0 spiro atoms. The number of ether oxygens (including phenoxy) is 1. The Morgan fingerprint density at radius 3 is 2.50 bits per heavy atom. The zero-order valence-electron chi connectivity index (χ0n) is 9.23. The van der Waals surface area contributed by atoms with E-state index in [4.69, 9.17) is 23.2 Å². The van der Waals surface area contributed by atoms with Gasteiger partial charge in [-0.3, -0.25) is 9.59 Å². The smallest absolute Gasteiger partial charge is 0.313 e. The van der Waals surface area contributed by atoms with Gasteiger partial charge in [0.25, 0.3) is 0 Å². The molecule has 0 fully saturated rings. The SMILES string of the molecule is CCOC(=O)CC(=O)c1c(F)cc(Cl)c(F)c1Cl. The van der Waals surface area contributed by atoms with Crippen LogP contribution in [0.2, 0.25) is 10.0 Å². The van der Waals surface area contributed by atoms with Crippen molar-refractivity contribution >= 4 is 35.0 Å². The first-order valence-electron chi connectivity index (χ1n) is 4.90. The summed E-state index contributed by atoms with van der Waals surface area (Å²) in [6.07, 6.45) is -0.717. The molecule has 0 saturated heterocycles. The molecule has 7 heteroatoms. The van der Waals surface area contributed by atoms with Gasteiger partial charge in [0.05, 0.1) is 22.2 Å². The molecule has 0 unspecified atom stereocenters. The van der Waals surface area contributed by atoms with E-state index >= 15 is 0 Å². The third-order valence-corrected chi connectivity index (χ3v) is 2.63. The zero-order valence-corrected chi connectivity index (χ0v) is 10.7. The summed E-state index contributed by atoms with van der Waals surface area (Å²) in [6, 6.07) is 0.626. The van der Waals surface area contributed by atoms with Gasteiger partial charge in [0.15, 0.2) is 11.6 Å². The summed E-state index contributed by atoms with van der Waals surface area (Å²) in [6.45, 7) is 1.63. The molecular weight excluding hydrogens is 289 g/mol. The van der Waals surface area contributed by atoms with Crippen LogP contribution in [0.5, 0.6) is 0 Å². The molecule has 98 valence electrons. The predicted octanol–water partition coefficient (Wildman–Crippen LogP) is 3.41. The lowest BCUT2D eigenvalue weighted by molar-refractivity contribution is -0.141. The Balaban J connectivity index is 3.07. The zero-order chi connectivity index (χ0) is 13.9. The maximum absolute atomic E-state index is 13.5. The van der Waals surface area contributed by atoms with Crippen molar-refractivity contribution in [1.29, 1.82) is 0 Å². The monoisotopic (exact) mass is 296 g/mol. The fraction of sp³-hybridized carbons (Fsp3) is 0.273. The number of hydrogen-bond acceptors (Lipinski definition) is 3. The number of benzene rings is 1. The van der Waals surface area contributed by atoms with Gasteiger partial charge in [0, 0.05) is 0 Å². The molecule has 1 aromatic carbocycles. The molecule has 1 aromatic rings. The van der Waals surface area contributed by atoms with Crippen LogP contribution in [-0.4, -0.2) is 18.4 Å². The maximum Gasteiger partial charge on any atom is 0.313 e. The first kappa shape index (κ1) is 14.9. The maximum atomic E-state index is 13.5. The van der Waals surface area contributed by atoms with E-state index in [0.29, 0.717) is 6.07 Å². The van der Waals surface area contributed by atoms with Crippen molar-refractivity contribution in [3.8, 4) is 0 Å². The fourth-order valence-electron chi connectivity index (χ4n) is 1.25. The van der Waals surface area contributed by atoms with Gasteiger partial charge < -0.3 is 4.74 Å². The van der Waals surface area contributed by atoms with Crippen LogP contribution >= 0.6 is 23.2 Å². The second kappa shape index (κ2) is 6.11. The molecule has 0 N–H and O–H groups in total. The van der Waals surface area contributed by atoms with Crippen LogP contribution in [-0.2, 0) is 9.53 Å². The van der Waals surface area contributed by atoms with Crippen LogP contribution in [0.15, 0.2) is 6.07 Å². The molecule has 0 aliphatic rings. The Hall–Kier alpha value is -1.20. The predicted molar refractivity (Wildman–Crippen MR) is 62.0 cm³/mol. The molecule has 0 aliphatic heterocycles. The van der Waals surface area contributed by atoms with Gasteiger partial charge in [0.1, 0.15) is 12.2 Å². The third-order valence-electron chi connectivity index (χ3n) is 2.00. The lowest BCUT2D eigenvalue weighted by Gasteiger charge is -2.07. The van der Waals surface area contributed by atoms with Crippen LogP contribution in [0.1, 0.15) is 23.7 Å². The molecule has 1 rings (SSSR count). The van der Waals surface area contributed by atoms with Gasteiger partial charge in [-0.1, -0.05) is 23.2 Å². The number of carbonyl (C=O) groups excluding carboxylic acids is 2. The van der Waals surface area contributed by atoms with Gasteiger partial charge in [0.2, 0.25) is 0 Å². The summed E-state index contributed by atoms with van der Waals surface area (Å²) >= 11 is 10.8. The molecule has 18 heavy (non-hydrogen) atoms. The minimum Gasteiger partial charge on any atom is -0.466 e. The molecule has 0 amide bonds. The van der Waals surface area contributed by atoms with E-state index in [-0.39, 0.29) is 6.61 Å². The Morgan fingerprint density at radius 1 is 1.33 bits per heavy atom. The Kier molecular flexibility index (Phi) is 5.04. The first-order valence-corrected chi connectivity index (χ1v) is 5.65. The number of carbonyl (C=O) groups is 2. The lowest BCUT2D eigenvalue weighted by atomic mass is 10.1. The first-order chi connectivity index (χ1) is 8.38. The van der Waals surface area contributed by atoms with Crippen molar-refractivity contribution in [3.63, 3.8) is 0 Å². The van der Waals surface area contributed by atoms with Gasteiger partial charge in [-0.05, 0) is 13.0 Å². The van der Waals surface area contributed by atoms with Crippen molar-refractivity contribution in [2.45, 2.75) is 13.3 Å². The molecule has 0 aromatic heterocycles. The largest absolute Gasteiger partial charge is 0.466 e. The average Bonchev–Trinajstić information content (AvgIpc) is 2.26. The normalized spacial score (nSPS) is 10.3. The number of halogens is 4. The second-order valence-corrected chi connectivity index (χ2v) is 4.03. The van der Waals surface area contributed by atoms with Gasteiger partial charge in [-0.2, -0.15) is 0 Å². The van der Waals surface area contributed by atoms with E-state index in [1.54, 1.807) is 6.92 Å². The van der Waals surface area contributed by atoms with Crippen molar-refractivity contribution in [1.82, 2.24) is 0 Å². The molecule has 0 saturated carbocycles. The van der Waals surface area contributed by atoms with E-state index in [1.807, 2.05) is 0 Å². The van der Waals surface area contributed by atoms with Crippen LogP contribution in [0.4, 0.5) is 8.78 Å². The highest BCUT2D eigenvalue weighted by Gasteiger charge is 2.24. The van der Waals surface area contributed by atoms with Crippen LogP contribution in [0, 0.1) is 11.6 Å². The van der Waals surface area contributed by atoms with Crippen LogP contribution in [0.25, 0.3) is 0 Å². The third kappa shape index (κ3) is 3.17. The number of ketones is 1. The van der Waals surface area contributed by atoms with Gasteiger partial charge in [-0.25, -0.2) is 8.78 Å². The van der Waals surface area contributed by atoms with Crippen LogP contribution < -0.4 is 0 Å². The highest BCUT2D eigenvalue weighted by molar-refractivity contribution is 6.37. The lowest BCUT2D eigenvalue weighted by Crippen LogP contribution is -2.13. The highest BCUT2D eigenvalue weighted by atomic mass is 35.5. The summed E-state index contributed by atoms with van der Waals surface area (Å²) in [5.41, 5.74) is -0.702. The quantitative estimate of drug-likeness (QED) is 0.281. The molecule has 0 bridgehead atoms. The van der Waals surface area contributed by atoms with Crippen molar-refractivity contribution < 1.29 is 23.1 Å². The molecule has 0 heterocycles. The summed E-state index contributed by atoms with van der Waals surface area (Å²) in [5, 5.41) is -1.28. The Labute approximate surface area is 112 Å². The Morgan fingerprint density at radius 2 is 1.94 bits per heavy atom. The van der Waals surface area contributed by atoms with E-state index in [1.165, 1.54) is 0 Å². The van der Waals surface area contributed by atoms with Crippen molar-refractivity contribution in [2.24, 2.45) is 0 Å². The minimum atomic E-state index is -1.10. The molecule has 0 atom stereocenters.